The Kier molecular flexibility index (Phi) is 5.22. The van der Waals surface area contributed by atoms with E-state index in [1.807, 2.05) is 4.90 Å². The second-order valence-electron chi connectivity index (χ2n) is 5.43. The van der Waals surface area contributed by atoms with Crippen LogP contribution in [0, 0.1) is 11.7 Å². The largest absolute Gasteiger partial charge is 0.387 e. The predicted molar refractivity (Wildman–Crippen MR) is 80.4 cm³/mol. The Bertz CT molecular complexity index is 545. The first kappa shape index (κ1) is 15.4. The van der Waals surface area contributed by atoms with Gasteiger partial charge in [-0.1, -0.05) is 26.0 Å². The number of benzene rings is 1. The lowest BCUT2D eigenvalue weighted by Crippen LogP contribution is -2.32. The molecule has 0 spiro atoms. The highest BCUT2D eigenvalue weighted by molar-refractivity contribution is 5.36. The van der Waals surface area contributed by atoms with Crippen molar-refractivity contribution in [2.24, 2.45) is 5.92 Å². The third kappa shape index (κ3) is 4.49. The molecule has 2 rings (SSSR count). The maximum absolute atomic E-state index is 12.9. The molecule has 0 radical (unpaired) electrons. The molecule has 1 aromatic carbocycles. The highest BCUT2D eigenvalue weighted by Crippen LogP contribution is 2.19. The van der Waals surface area contributed by atoms with Crippen LogP contribution >= 0.6 is 0 Å². The molecule has 112 valence electrons. The summed E-state index contributed by atoms with van der Waals surface area (Å²) in [6.07, 6.45) is 4.23. The first-order chi connectivity index (χ1) is 10.1. The van der Waals surface area contributed by atoms with Gasteiger partial charge in [-0.05, 0) is 23.6 Å². The van der Waals surface area contributed by atoms with Gasteiger partial charge in [0.1, 0.15) is 11.6 Å². The SMILES string of the molecule is CC(C)CN(C[C@H](O)c1ccc(F)cc1)c1cnccn1. The average Bonchev–Trinajstić information content (AvgIpc) is 2.47. The smallest absolute Gasteiger partial charge is 0.147 e. The van der Waals surface area contributed by atoms with Gasteiger partial charge in [0.2, 0.25) is 0 Å². The van der Waals surface area contributed by atoms with E-state index in [-0.39, 0.29) is 5.82 Å². The molecular formula is C16H20FN3O. The molecule has 5 heteroatoms. The molecule has 0 unspecified atom stereocenters. The fraction of sp³-hybridized carbons (Fsp3) is 0.375. The molecule has 4 nitrogen and oxygen atoms in total. The van der Waals surface area contributed by atoms with Crippen LogP contribution in [0.25, 0.3) is 0 Å². The number of hydrogen-bond donors (Lipinski definition) is 1. The van der Waals surface area contributed by atoms with Crippen LogP contribution in [0.4, 0.5) is 10.2 Å². The van der Waals surface area contributed by atoms with Crippen molar-refractivity contribution in [3.05, 3.63) is 54.2 Å². The molecule has 1 aromatic heterocycles. The summed E-state index contributed by atoms with van der Waals surface area (Å²) in [5.41, 5.74) is 0.689. The van der Waals surface area contributed by atoms with Crippen LogP contribution in [0.3, 0.4) is 0 Å². The second-order valence-corrected chi connectivity index (χ2v) is 5.43. The van der Waals surface area contributed by atoms with Gasteiger partial charge < -0.3 is 10.0 Å². The van der Waals surface area contributed by atoms with Crippen molar-refractivity contribution in [3.63, 3.8) is 0 Å². The van der Waals surface area contributed by atoms with Gasteiger partial charge in [0.15, 0.2) is 0 Å². The zero-order chi connectivity index (χ0) is 15.2. The summed E-state index contributed by atoms with van der Waals surface area (Å²) >= 11 is 0. The summed E-state index contributed by atoms with van der Waals surface area (Å²) < 4.78 is 12.9. The molecule has 0 bridgehead atoms. The Morgan fingerprint density at radius 1 is 1.14 bits per heavy atom. The van der Waals surface area contributed by atoms with E-state index in [0.29, 0.717) is 18.0 Å². The van der Waals surface area contributed by atoms with Crippen molar-refractivity contribution < 1.29 is 9.50 Å². The van der Waals surface area contributed by atoms with E-state index >= 15 is 0 Å². The molecule has 0 aliphatic rings. The molecule has 1 heterocycles. The zero-order valence-corrected chi connectivity index (χ0v) is 12.3. The first-order valence-electron chi connectivity index (χ1n) is 7.00. The van der Waals surface area contributed by atoms with E-state index in [1.54, 1.807) is 30.7 Å². The summed E-state index contributed by atoms with van der Waals surface area (Å²) in [5.74, 6) is 0.846. The summed E-state index contributed by atoms with van der Waals surface area (Å²) in [4.78, 5) is 10.3. The highest BCUT2D eigenvalue weighted by Gasteiger charge is 2.16. The topological polar surface area (TPSA) is 49.2 Å². The minimum atomic E-state index is -0.702. The van der Waals surface area contributed by atoms with Crippen LogP contribution in [0.1, 0.15) is 25.5 Å². The quantitative estimate of drug-likeness (QED) is 0.888. The third-order valence-corrected chi connectivity index (χ3v) is 3.11. The molecule has 1 N–H and O–H groups in total. The predicted octanol–water partition coefficient (Wildman–Crippen LogP) is 2.81. The van der Waals surface area contributed by atoms with Gasteiger partial charge in [0, 0.05) is 25.5 Å². The van der Waals surface area contributed by atoms with E-state index in [1.165, 1.54) is 12.1 Å². The Hall–Kier alpha value is -2.01. The summed E-state index contributed by atoms with van der Waals surface area (Å²) in [6.45, 7) is 5.36. The number of aliphatic hydroxyl groups excluding tert-OH is 1. The molecule has 0 aliphatic heterocycles. The van der Waals surface area contributed by atoms with Crippen LogP contribution in [0.15, 0.2) is 42.9 Å². The van der Waals surface area contributed by atoms with E-state index in [0.717, 1.165) is 12.4 Å². The van der Waals surface area contributed by atoms with E-state index in [2.05, 4.69) is 23.8 Å². The molecule has 1 atom stereocenters. The average molecular weight is 289 g/mol. The fourth-order valence-electron chi connectivity index (χ4n) is 2.16. The van der Waals surface area contributed by atoms with Crippen molar-refractivity contribution in [1.82, 2.24) is 9.97 Å². The lowest BCUT2D eigenvalue weighted by Gasteiger charge is -2.27. The summed E-state index contributed by atoms with van der Waals surface area (Å²) in [7, 11) is 0. The minimum Gasteiger partial charge on any atom is -0.387 e. The Labute approximate surface area is 124 Å². The van der Waals surface area contributed by atoms with Gasteiger partial charge in [0.05, 0.1) is 12.3 Å². The maximum Gasteiger partial charge on any atom is 0.147 e. The van der Waals surface area contributed by atoms with Crippen molar-refractivity contribution in [2.75, 3.05) is 18.0 Å². The monoisotopic (exact) mass is 289 g/mol. The fourth-order valence-corrected chi connectivity index (χ4v) is 2.16. The number of nitrogens with zero attached hydrogens (tertiary/aromatic N) is 3. The zero-order valence-electron chi connectivity index (χ0n) is 12.3. The van der Waals surface area contributed by atoms with Crippen LogP contribution < -0.4 is 4.90 Å². The van der Waals surface area contributed by atoms with Crippen molar-refractivity contribution >= 4 is 5.82 Å². The normalized spacial score (nSPS) is 12.4. The van der Waals surface area contributed by atoms with E-state index in [4.69, 9.17) is 0 Å². The lowest BCUT2D eigenvalue weighted by molar-refractivity contribution is 0.182. The molecule has 2 aromatic rings. The lowest BCUT2D eigenvalue weighted by atomic mass is 10.1. The summed E-state index contributed by atoms with van der Waals surface area (Å²) in [5, 5.41) is 10.3. The molecular weight excluding hydrogens is 269 g/mol. The molecule has 0 saturated heterocycles. The molecule has 21 heavy (non-hydrogen) atoms. The van der Waals surface area contributed by atoms with Gasteiger partial charge in [-0.15, -0.1) is 0 Å². The highest BCUT2D eigenvalue weighted by atomic mass is 19.1. The van der Waals surface area contributed by atoms with Crippen molar-refractivity contribution in [3.8, 4) is 0 Å². The van der Waals surface area contributed by atoms with E-state index < -0.39 is 6.10 Å². The third-order valence-electron chi connectivity index (χ3n) is 3.11. The summed E-state index contributed by atoms with van der Waals surface area (Å²) in [6, 6.07) is 5.91. The van der Waals surface area contributed by atoms with Crippen LogP contribution in [0.2, 0.25) is 0 Å². The van der Waals surface area contributed by atoms with E-state index in [9.17, 15) is 9.50 Å². The number of hydrogen-bond acceptors (Lipinski definition) is 4. The number of rotatable bonds is 6. The Balaban J connectivity index is 2.13. The maximum atomic E-state index is 12.9. The second kappa shape index (κ2) is 7.13. The van der Waals surface area contributed by atoms with Crippen LogP contribution in [-0.2, 0) is 0 Å². The number of anilines is 1. The van der Waals surface area contributed by atoms with Gasteiger partial charge in [-0.2, -0.15) is 0 Å². The Morgan fingerprint density at radius 2 is 1.86 bits per heavy atom. The minimum absolute atomic E-state index is 0.307. The van der Waals surface area contributed by atoms with Gasteiger partial charge >= 0.3 is 0 Å². The number of aliphatic hydroxyl groups is 1. The van der Waals surface area contributed by atoms with Gasteiger partial charge in [-0.25, -0.2) is 9.37 Å². The number of aromatic nitrogens is 2. The van der Waals surface area contributed by atoms with Gasteiger partial charge in [0.25, 0.3) is 0 Å². The molecule has 0 fully saturated rings. The van der Waals surface area contributed by atoms with Crippen LogP contribution in [0.5, 0.6) is 0 Å². The number of halogens is 1. The molecule has 0 saturated carbocycles. The molecule has 0 aliphatic carbocycles. The van der Waals surface area contributed by atoms with Crippen molar-refractivity contribution in [1.29, 1.82) is 0 Å². The molecule has 0 amide bonds. The van der Waals surface area contributed by atoms with Crippen molar-refractivity contribution in [2.45, 2.75) is 20.0 Å². The Morgan fingerprint density at radius 3 is 2.43 bits per heavy atom. The standard InChI is InChI=1S/C16H20FN3O/c1-12(2)10-20(16-9-18-7-8-19-16)11-15(21)13-3-5-14(17)6-4-13/h3-9,12,15,21H,10-11H2,1-2H3/t15-/m0/s1. The first-order valence-corrected chi connectivity index (χ1v) is 7.00. The van der Waals surface area contributed by atoms with Crippen LogP contribution in [-0.4, -0.2) is 28.2 Å². The van der Waals surface area contributed by atoms with Gasteiger partial charge in [-0.3, -0.25) is 4.98 Å².